The minimum absolute atomic E-state index is 0.0644. The van der Waals surface area contributed by atoms with Crippen LogP contribution in [0.2, 0.25) is 0 Å². The van der Waals surface area contributed by atoms with Gasteiger partial charge in [-0.05, 0) is 51.0 Å². The number of hydrogen-bond acceptors (Lipinski definition) is 4. The highest BCUT2D eigenvalue weighted by Crippen LogP contribution is 2.24. The van der Waals surface area contributed by atoms with E-state index in [1.165, 1.54) is 12.1 Å². The standard InChI is InChI=1S/C20H25N3O3/c1-13-18(14(2)22(3)21-13)12-19(25)23-10-8-16(9-11-23)20(26)15-4-6-17(24)7-5-15/h4-7,16,24H,8-12H2,1-3H3. The van der Waals surface area contributed by atoms with E-state index in [0.29, 0.717) is 37.9 Å². The molecule has 0 radical (unpaired) electrons. The summed E-state index contributed by atoms with van der Waals surface area (Å²) < 4.78 is 1.81. The van der Waals surface area contributed by atoms with E-state index in [9.17, 15) is 14.7 Å². The van der Waals surface area contributed by atoms with Crippen LogP contribution in [-0.2, 0) is 18.3 Å². The SMILES string of the molecule is Cc1nn(C)c(C)c1CC(=O)N1CCC(C(=O)c2ccc(O)cc2)CC1. The molecule has 6 heteroatoms. The van der Waals surface area contributed by atoms with Crippen molar-refractivity contribution in [2.24, 2.45) is 13.0 Å². The van der Waals surface area contributed by atoms with Gasteiger partial charge in [0.2, 0.25) is 5.91 Å². The van der Waals surface area contributed by atoms with Gasteiger partial charge in [-0.25, -0.2) is 0 Å². The third kappa shape index (κ3) is 3.64. The number of Topliss-reactive ketones (excluding diaryl/α,β-unsaturated/α-hetero) is 1. The van der Waals surface area contributed by atoms with E-state index in [0.717, 1.165) is 17.0 Å². The predicted octanol–water partition coefficient (Wildman–Crippen LogP) is 2.41. The molecule has 26 heavy (non-hydrogen) atoms. The summed E-state index contributed by atoms with van der Waals surface area (Å²) in [4.78, 5) is 27.1. The number of benzene rings is 1. The summed E-state index contributed by atoms with van der Waals surface area (Å²) in [6, 6.07) is 6.38. The highest BCUT2D eigenvalue weighted by atomic mass is 16.3. The van der Waals surface area contributed by atoms with Gasteiger partial charge in [-0.2, -0.15) is 5.10 Å². The maximum absolute atomic E-state index is 12.6. The van der Waals surface area contributed by atoms with Crippen molar-refractivity contribution in [3.05, 3.63) is 46.8 Å². The van der Waals surface area contributed by atoms with Crippen LogP contribution < -0.4 is 0 Å². The largest absolute Gasteiger partial charge is 0.508 e. The van der Waals surface area contributed by atoms with Gasteiger partial charge < -0.3 is 10.0 Å². The highest BCUT2D eigenvalue weighted by Gasteiger charge is 2.28. The maximum Gasteiger partial charge on any atom is 0.227 e. The molecule has 1 saturated heterocycles. The van der Waals surface area contributed by atoms with E-state index in [-0.39, 0.29) is 23.4 Å². The molecular weight excluding hydrogens is 330 g/mol. The summed E-state index contributed by atoms with van der Waals surface area (Å²) >= 11 is 0. The second-order valence-corrected chi connectivity index (χ2v) is 7.02. The lowest BCUT2D eigenvalue weighted by Gasteiger charge is -2.31. The monoisotopic (exact) mass is 355 g/mol. The lowest BCUT2D eigenvalue weighted by Crippen LogP contribution is -2.41. The van der Waals surface area contributed by atoms with E-state index < -0.39 is 0 Å². The van der Waals surface area contributed by atoms with Gasteiger partial charge in [-0.1, -0.05) is 0 Å². The number of likely N-dealkylation sites (tertiary alicyclic amines) is 1. The van der Waals surface area contributed by atoms with Gasteiger partial charge in [-0.3, -0.25) is 14.3 Å². The predicted molar refractivity (Wildman–Crippen MR) is 98.1 cm³/mol. The number of amides is 1. The zero-order chi connectivity index (χ0) is 18.8. The summed E-state index contributed by atoms with van der Waals surface area (Å²) in [5.41, 5.74) is 3.54. The average molecular weight is 355 g/mol. The number of phenolic OH excluding ortho intramolecular Hbond substituents is 1. The Balaban J connectivity index is 1.58. The topological polar surface area (TPSA) is 75.4 Å². The van der Waals surface area contributed by atoms with Crippen molar-refractivity contribution in [3.8, 4) is 5.75 Å². The van der Waals surface area contributed by atoms with Gasteiger partial charge in [0, 0.05) is 42.9 Å². The molecule has 138 valence electrons. The van der Waals surface area contributed by atoms with Gasteiger partial charge >= 0.3 is 0 Å². The third-order valence-corrected chi connectivity index (χ3v) is 5.36. The smallest absolute Gasteiger partial charge is 0.227 e. The number of piperidine rings is 1. The van der Waals surface area contributed by atoms with Crippen molar-refractivity contribution < 1.29 is 14.7 Å². The van der Waals surface area contributed by atoms with Gasteiger partial charge in [0.1, 0.15) is 5.75 Å². The molecule has 0 atom stereocenters. The van der Waals surface area contributed by atoms with Crippen molar-refractivity contribution in [2.45, 2.75) is 33.1 Å². The first-order valence-electron chi connectivity index (χ1n) is 8.97. The number of aromatic hydroxyl groups is 1. The number of rotatable bonds is 4. The molecule has 1 aliphatic rings. The van der Waals surface area contributed by atoms with E-state index in [1.54, 1.807) is 16.8 Å². The number of carbonyl (C=O) groups excluding carboxylic acids is 2. The summed E-state index contributed by atoms with van der Waals surface area (Å²) in [7, 11) is 1.89. The van der Waals surface area contributed by atoms with Crippen molar-refractivity contribution in [1.82, 2.24) is 14.7 Å². The summed E-state index contributed by atoms with van der Waals surface area (Å²) in [5, 5.41) is 13.7. The van der Waals surface area contributed by atoms with E-state index >= 15 is 0 Å². The number of aryl methyl sites for hydroxylation is 2. The Hall–Kier alpha value is -2.63. The summed E-state index contributed by atoms with van der Waals surface area (Å²) in [5.74, 6) is 0.282. The molecule has 2 aromatic rings. The van der Waals surface area contributed by atoms with E-state index in [1.807, 2.05) is 25.8 Å². The fraction of sp³-hybridized carbons (Fsp3) is 0.450. The normalized spacial score (nSPS) is 15.3. The number of aromatic nitrogens is 2. The van der Waals surface area contributed by atoms with E-state index in [2.05, 4.69) is 5.10 Å². The zero-order valence-corrected chi connectivity index (χ0v) is 15.5. The van der Waals surface area contributed by atoms with Crippen molar-refractivity contribution in [1.29, 1.82) is 0 Å². The molecule has 0 spiro atoms. The van der Waals surface area contributed by atoms with Crippen LogP contribution in [0.3, 0.4) is 0 Å². The van der Waals surface area contributed by atoms with Gasteiger partial charge in [0.15, 0.2) is 5.78 Å². The fourth-order valence-electron chi connectivity index (χ4n) is 3.59. The maximum atomic E-state index is 12.6. The lowest BCUT2D eigenvalue weighted by atomic mass is 9.88. The molecule has 2 heterocycles. The number of carbonyl (C=O) groups is 2. The van der Waals surface area contributed by atoms with Crippen molar-refractivity contribution in [2.75, 3.05) is 13.1 Å². The molecule has 0 saturated carbocycles. The molecule has 0 aliphatic carbocycles. The Bertz CT molecular complexity index is 816. The quantitative estimate of drug-likeness (QED) is 0.855. The summed E-state index contributed by atoms with van der Waals surface area (Å²) in [6.07, 6.45) is 1.72. The fourth-order valence-corrected chi connectivity index (χ4v) is 3.59. The zero-order valence-electron chi connectivity index (χ0n) is 15.5. The molecule has 6 nitrogen and oxygen atoms in total. The number of nitrogens with zero attached hydrogens (tertiary/aromatic N) is 3. The Labute approximate surface area is 153 Å². The Kier molecular flexibility index (Phi) is 5.11. The van der Waals surface area contributed by atoms with Crippen LogP contribution in [0.4, 0.5) is 0 Å². The molecule has 1 amide bonds. The van der Waals surface area contributed by atoms with Gasteiger partial charge in [0.05, 0.1) is 12.1 Å². The van der Waals surface area contributed by atoms with Gasteiger partial charge in [0.25, 0.3) is 0 Å². The molecule has 1 aromatic heterocycles. The second-order valence-electron chi connectivity index (χ2n) is 7.02. The molecule has 1 aliphatic heterocycles. The third-order valence-electron chi connectivity index (χ3n) is 5.36. The molecule has 1 fully saturated rings. The van der Waals surface area contributed by atoms with Crippen LogP contribution in [0.15, 0.2) is 24.3 Å². The molecule has 1 N–H and O–H groups in total. The first-order chi connectivity index (χ1) is 12.4. The first kappa shape index (κ1) is 18.2. The van der Waals surface area contributed by atoms with E-state index in [4.69, 9.17) is 0 Å². The minimum Gasteiger partial charge on any atom is -0.508 e. The number of ketones is 1. The Morgan fingerprint density at radius 3 is 2.31 bits per heavy atom. The van der Waals surface area contributed by atoms with Crippen LogP contribution in [-0.4, -0.2) is 44.6 Å². The van der Waals surface area contributed by atoms with Gasteiger partial charge in [-0.15, -0.1) is 0 Å². The average Bonchev–Trinajstić information content (AvgIpc) is 2.88. The number of phenols is 1. The Morgan fingerprint density at radius 1 is 1.15 bits per heavy atom. The molecule has 0 unspecified atom stereocenters. The van der Waals surface area contributed by atoms with Crippen LogP contribution in [0.1, 0.15) is 40.2 Å². The number of hydrogen-bond donors (Lipinski definition) is 1. The lowest BCUT2D eigenvalue weighted by molar-refractivity contribution is -0.131. The second kappa shape index (κ2) is 7.32. The first-order valence-corrected chi connectivity index (χ1v) is 8.97. The molecule has 0 bridgehead atoms. The van der Waals surface area contributed by atoms with Crippen molar-refractivity contribution in [3.63, 3.8) is 0 Å². The Morgan fingerprint density at radius 2 is 1.77 bits per heavy atom. The van der Waals surface area contributed by atoms with Crippen LogP contribution in [0.25, 0.3) is 0 Å². The molecule has 1 aromatic carbocycles. The van der Waals surface area contributed by atoms with Crippen molar-refractivity contribution >= 4 is 11.7 Å². The summed E-state index contributed by atoms with van der Waals surface area (Å²) in [6.45, 7) is 5.11. The van der Waals surface area contributed by atoms with Crippen LogP contribution in [0.5, 0.6) is 5.75 Å². The highest BCUT2D eigenvalue weighted by molar-refractivity contribution is 5.98. The van der Waals surface area contributed by atoms with Crippen LogP contribution in [0, 0.1) is 19.8 Å². The minimum atomic E-state index is -0.0644. The molecular formula is C20H25N3O3. The van der Waals surface area contributed by atoms with Crippen LogP contribution >= 0.6 is 0 Å². The molecule has 3 rings (SSSR count).